The first-order valence-corrected chi connectivity index (χ1v) is 13.8. The lowest BCUT2D eigenvalue weighted by atomic mass is 10.0. The average Bonchev–Trinajstić information content (AvgIpc) is 3.56. The highest BCUT2D eigenvalue weighted by Crippen LogP contribution is 2.33. The Labute approximate surface area is 214 Å². The summed E-state index contributed by atoms with van der Waals surface area (Å²) in [7, 11) is 0. The van der Waals surface area contributed by atoms with Gasteiger partial charge in [-0.15, -0.1) is 21.5 Å². The first-order valence-electron chi connectivity index (χ1n) is 11.0. The Bertz CT molecular complexity index is 1350. The topological polar surface area (TPSA) is 100 Å². The van der Waals surface area contributed by atoms with E-state index in [1.807, 2.05) is 30.3 Å². The van der Waals surface area contributed by atoms with Gasteiger partial charge in [-0.3, -0.25) is 9.27 Å². The largest absolute Gasteiger partial charge is 0.351 e. The predicted octanol–water partition coefficient (Wildman–Crippen LogP) is 6.21. The van der Waals surface area contributed by atoms with E-state index in [2.05, 4.69) is 62.1 Å². The molecule has 0 aliphatic heterocycles. The number of thiazole rings is 1. The molecule has 0 amide bonds. The minimum atomic E-state index is -2.10. The van der Waals surface area contributed by atoms with Gasteiger partial charge in [0.1, 0.15) is 10.0 Å². The first kappa shape index (κ1) is 23.6. The molecule has 2 unspecified atom stereocenters. The van der Waals surface area contributed by atoms with Gasteiger partial charge in [0.2, 0.25) is 5.13 Å². The third-order valence-electron chi connectivity index (χ3n) is 5.53. The van der Waals surface area contributed by atoms with Crippen molar-refractivity contribution in [1.82, 2.24) is 15.2 Å². The van der Waals surface area contributed by atoms with E-state index in [-0.39, 0.29) is 12.0 Å². The van der Waals surface area contributed by atoms with Crippen molar-refractivity contribution in [2.75, 3.05) is 10.0 Å². The van der Waals surface area contributed by atoms with Crippen molar-refractivity contribution in [2.24, 2.45) is 0 Å². The number of rotatable bonds is 9. The average molecular weight is 522 g/mol. The summed E-state index contributed by atoms with van der Waals surface area (Å²) >= 11 is 1.09. The Hall–Kier alpha value is -3.18. The van der Waals surface area contributed by atoms with Gasteiger partial charge in [0.15, 0.2) is 0 Å². The summed E-state index contributed by atoms with van der Waals surface area (Å²) in [6.07, 6.45) is 10.0. The highest BCUT2D eigenvalue weighted by molar-refractivity contribution is 7.80. The van der Waals surface area contributed by atoms with E-state index in [4.69, 9.17) is 9.54 Å². The molecule has 2 aromatic carbocycles. The Morgan fingerprint density at radius 2 is 1.91 bits per heavy atom. The SMILES string of the molecule is O=S(O)Nc1ccc(C[C@H](Nc2nnc(C3C=CC=CC3)s2)c2csc(-c3ccccc3)n2)cc1. The molecule has 3 atom stereocenters. The van der Waals surface area contributed by atoms with Crippen LogP contribution in [0.1, 0.15) is 34.6 Å². The predicted molar refractivity (Wildman–Crippen MR) is 144 cm³/mol. The zero-order chi connectivity index (χ0) is 24.0. The molecule has 10 heteroatoms. The van der Waals surface area contributed by atoms with Gasteiger partial charge in [-0.1, -0.05) is 78.1 Å². The number of hydrogen-bond acceptors (Lipinski definition) is 7. The van der Waals surface area contributed by atoms with Crippen LogP contribution in [0.4, 0.5) is 10.8 Å². The zero-order valence-corrected chi connectivity index (χ0v) is 21.0. The molecule has 0 saturated heterocycles. The molecule has 0 radical (unpaired) electrons. The van der Waals surface area contributed by atoms with Crippen LogP contribution < -0.4 is 10.0 Å². The summed E-state index contributed by atoms with van der Waals surface area (Å²) in [5.74, 6) is 0.257. The van der Waals surface area contributed by atoms with Gasteiger partial charge in [0.05, 0.1) is 11.7 Å². The fraction of sp³-hybridized carbons (Fsp3) is 0.160. The maximum Gasteiger partial charge on any atom is 0.259 e. The van der Waals surface area contributed by atoms with Crippen LogP contribution >= 0.6 is 22.7 Å². The highest BCUT2D eigenvalue weighted by atomic mass is 32.2. The maximum absolute atomic E-state index is 11.0. The third kappa shape index (κ3) is 6.09. The Morgan fingerprint density at radius 3 is 2.66 bits per heavy atom. The number of aromatic nitrogens is 3. The van der Waals surface area contributed by atoms with Crippen molar-refractivity contribution in [3.8, 4) is 10.6 Å². The van der Waals surface area contributed by atoms with Gasteiger partial charge in [0.25, 0.3) is 11.3 Å². The van der Waals surface area contributed by atoms with E-state index in [9.17, 15) is 4.21 Å². The van der Waals surface area contributed by atoms with Crippen LogP contribution in [0.5, 0.6) is 0 Å². The summed E-state index contributed by atoms with van der Waals surface area (Å²) in [5.41, 5.74) is 3.67. The molecule has 2 aromatic heterocycles. The fourth-order valence-electron chi connectivity index (χ4n) is 3.79. The molecule has 0 bridgehead atoms. The number of benzene rings is 2. The first-order chi connectivity index (χ1) is 17.1. The van der Waals surface area contributed by atoms with Crippen LogP contribution in [-0.4, -0.2) is 23.9 Å². The van der Waals surface area contributed by atoms with Crippen molar-refractivity contribution in [3.05, 3.63) is 101 Å². The number of nitrogens with zero attached hydrogens (tertiary/aromatic N) is 3. The smallest absolute Gasteiger partial charge is 0.259 e. The van der Waals surface area contributed by atoms with Crippen LogP contribution in [0, 0.1) is 0 Å². The van der Waals surface area contributed by atoms with Gasteiger partial charge in [-0.25, -0.2) is 9.19 Å². The van der Waals surface area contributed by atoms with Crippen LogP contribution in [-0.2, 0) is 17.7 Å². The number of nitrogens with one attached hydrogen (secondary N) is 2. The summed E-state index contributed by atoms with van der Waals surface area (Å²) in [5, 5.41) is 17.2. The summed E-state index contributed by atoms with van der Waals surface area (Å²) in [6, 6.07) is 17.5. The lowest BCUT2D eigenvalue weighted by Crippen LogP contribution is -2.14. The van der Waals surface area contributed by atoms with Gasteiger partial charge in [-0.05, 0) is 30.5 Å². The van der Waals surface area contributed by atoms with Gasteiger partial charge >= 0.3 is 0 Å². The van der Waals surface area contributed by atoms with Crippen molar-refractivity contribution in [2.45, 2.75) is 24.8 Å². The second-order valence-electron chi connectivity index (χ2n) is 7.99. The second-order valence-corrected chi connectivity index (χ2v) is 10.6. The zero-order valence-electron chi connectivity index (χ0n) is 18.6. The molecule has 0 fully saturated rings. The molecule has 0 spiro atoms. The number of hydrogen-bond donors (Lipinski definition) is 3. The highest BCUT2D eigenvalue weighted by Gasteiger charge is 2.20. The lowest BCUT2D eigenvalue weighted by Gasteiger charge is -2.16. The maximum atomic E-state index is 11.0. The Morgan fingerprint density at radius 1 is 1.09 bits per heavy atom. The second kappa shape index (κ2) is 11.0. The molecule has 2 heterocycles. The molecule has 1 aliphatic rings. The van der Waals surface area contributed by atoms with Crippen molar-refractivity contribution in [1.29, 1.82) is 0 Å². The molecular formula is C25H23N5O2S3. The van der Waals surface area contributed by atoms with Crippen molar-refractivity contribution >= 4 is 44.8 Å². The van der Waals surface area contributed by atoms with Gasteiger partial charge in [-0.2, -0.15) is 0 Å². The molecule has 4 aromatic rings. The molecule has 5 rings (SSSR count). The monoisotopic (exact) mass is 521 g/mol. The molecule has 35 heavy (non-hydrogen) atoms. The summed E-state index contributed by atoms with van der Waals surface area (Å²) in [4.78, 5) is 4.93. The molecule has 1 aliphatic carbocycles. The van der Waals surface area contributed by atoms with Crippen LogP contribution in [0.3, 0.4) is 0 Å². The molecule has 178 valence electrons. The van der Waals surface area contributed by atoms with E-state index in [0.717, 1.165) is 38.4 Å². The van der Waals surface area contributed by atoms with Gasteiger partial charge in [0, 0.05) is 22.5 Å². The van der Waals surface area contributed by atoms with Crippen LogP contribution in [0.25, 0.3) is 10.6 Å². The fourth-order valence-corrected chi connectivity index (χ4v) is 5.90. The lowest BCUT2D eigenvalue weighted by molar-refractivity contribution is 0.570. The number of allylic oxidation sites excluding steroid dienone is 4. The van der Waals surface area contributed by atoms with E-state index >= 15 is 0 Å². The normalized spacial score (nSPS) is 16.7. The van der Waals surface area contributed by atoms with E-state index in [1.165, 1.54) is 0 Å². The van der Waals surface area contributed by atoms with Crippen molar-refractivity contribution < 1.29 is 8.76 Å². The standard InChI is InChI=1S/C25H23N5O2S3/c31-35(32)30-20-13-11-17(12-14-20)15-21(22-16-33-23(26-22)18-7-3-1-4-8-18)27-25-29-28-24(34-25)19-9-5-2-6-10-19/h1-9,11-14,16,19,21,30H,10,15H2,(H,27,29)(H,31,32)/t19?,21-/m0/s1. The van der Waals surface area contributed by atoms with E-state index in [0.29, 0.717) is 12.1 Å². The number of anilines is 2. The Balaban J connectivity index is 1.39. The van der Waals surface area contributed by atoms with Crippen LogP contribution in [0.15, 0.2) is 84.3 Å². The van der Waals surface area contributed by atoms with Crippen LogP contribution in [0.2, 0.25) is 0 Å². The minimum Gasteiger partial charge on any atom is -0.351 e. The van der Waals surface area contributed by atoms with E-state index < -0.39 is 11.3 Å². The summed E-state index contributed by atoms with van der Waals surface area (Å²) < 4.78 is 22.6. The van der Waals surface area contributed by atoms with E-state index in [1.54, 1.807) is 34.8 Å². The summed E-state index contributed by atoms with van der Waals surface area (Å²) in [6.45, 7) is 0. The molecule has 3 N–H and O–H groups in total. The minimum absolute atomic E-state index is 0.114. The third-order valence-corrected chi connectivity index (χ3v) is 7.84. The van der Waals surface area contributed by atoms with Crippen molar-refractivity contribution in [3.63, 3.8) is 0 Å². The quantitative estimate of drug-likeness (QED) is 0.227. The molecule has 0 saturated carbocycles. The Kier molecular flexibility index (Phi) is 7.43. The van der Waals surface area contributed by atoms with Gasteiger partial charge < -0.3 is 5.32 Å². The molecular weight excluding hydrogens is 499 g/mol. The molecule has 7 nitrogen and oxygen atoms in total.